The molecule has 0 fully saturated rings. The van der Waals surface area contributed by atoms with Crippen LogP contribution < -0.4 is 5.73 Å². The molecule has 0 spiro atoms. The average molecular weight is 377 g/mol. The van der Waals surface area contributed by atoms with Gasteiger partial charge in [0.2, 0.25) is 0 Å². The van der Waals surface area contributed by atoms with Gasteiger partial charge < -0.3 is 10.7 Å². The highest BCUT2D eigenvalue weighted by molar-refractivity contribution is 5.91. The van der Waals surface area contributed by atoms with Crippen molar-refractivity contribution in [2.75, 3.05) is 6.54 Å². The van der Waals surface area contributed by atoms with Gasteiger partial charge in [0.05, 0.1) is 0 Å². The van der Waals surface area contributed by atoms with E-state index in [1.165, 1.54) is 38.9 Å². The van der Waals surface area contributed by atoms with Crippen molar-refractivity contribution in [1.82, 2.24) is 4.98 Å². The lowest BCUT2D eigenvalue weighted by atomic mass is 9.85. The molecule has 150 valence electrons. The first-order valence-corrected chi connectivity index (χ1v) is 10.6. The second-order valence-corrected chi connectivity index (χ2v) is 10.1. The Kier molecular flexibility index (Phi) is 5.72. The van der Waals surface area contributed by atoms with Gasteiger partial charge in [-0.15, -0.1) is 0 Å². The number of aryl methyl sites for hydroxylation is 1. The number of hydrogen-bond donors (Lipinski definition) is 2. The number of benzene rings is 2. The molecule has 2 aromatic carbocycles. The largest absolute Gasteiger partial charge is 0.354 e. The zero-order valence-electron chi connectivity index (χ0n) is 18.4. The molecule has 0 aliphatic heterocycles. The summed E-state index contributed by atoms with van der Waals surface area (Å²) in [6, 6.07) is 16.0. The number of fused-ring (bicyclic) bond motifs is 1. The lowest BCUT2D eigenvalue weighted by molar-refractivity contribution is 0.590. The molecule has 0 aliphatic rings. The fourth-order valence-electron chi connectivity index (χ4n) is 3.80. The predicted molar refractivity (Wildman–Crippen MR) is 123 cm³/mol. The van der Waals surface area contributed by atoms with Crippen molar-refractivity contribution in [3.63, 3.8) is 0 Å². The monoisotopic (exact) mass is 376 g/mol. The summed E-state index contributed by atoms with van der Waals surface area (Å²) in [6.45, 7) is 14.4. The van der Waals surface area contributed by atoms with Gasteiger partial charge in [-0.3, -0.25) is 0 Å². The Balaban J connectivity index is 2.11. The first-order valence-electron chi connectivity index (χ1n) is 10.6. The van der Waals surface area contributed by atoms with E-state index >= 15 is 0 Å². The van der Waals surface area contributed by atoms with Crippen molar-refractivity contribution in [1.29, 1.82) is 0 Å². The van der Waals surface area contributed by atoms with E-state index in [1.54, 1.807) is 0 Å². The summed E-state index contributed by atoms with van der Waals surface area (Å²) < 4.78 is 0. The second-order valence-electron chi connectivity index (χ2n) is 10.1. The third-order valence-electron chi connectivity index (χ3n) is 5.69. The van der Waals surface area contributed by atoms with Gasteiger partial charge in [0.25, 0.3) is 0 Å². The predicted octanol–water partition coefficient (Wildman–Crippen LogP) is 6.71. The van der Waals surface area contributed by atoms with Crippen LogP contribution in [0.2, 0.25) is 0 Å². The minimum absolute atomic E-state index is 0.147. The molecule has 28 heavy (non-hydrogen) atoms. The van der Waals surface area contributed by atoms with Crippen molar-refractivity contribution < 1.29 is 0 Å². The third-order valence-corrected chi connectivity index (χ3v) is 5.69. The fourth-order valence-corrected chi connectivity index (χ4v) is 3.80. The Bertz CT molecular complexity index is 931. The van der Waals surface area contributed by atoms with Crippen molar-refractivity contribution in [3.8, 4) is 11.3 Å². The Morgan fingerprint density at radius 3 is 1.96 bits per heavy atom. The molecule has 0 atom stereocenters. The molecule has 1 heterocycles. The molecular formula is C26H36N2. The normalized spacial score (nSPS) is 12.7. The van der Waals surface area contributed by atoms with E-state index in [2.05, 4.69) is 89.0 Å². The van der Waals surface area contributed by atoms with E-state index in [9.17, 15) is 0 Å². The van der Waals surface area contributed by atoms with Gasteiger partial charge in [0.1, 0.15) is 0 Å². The highest BCUT2D eigenvalue weighted by Crippen LogP contribution is 2.35. The van der Waals surface area contributed by atoms with Crippen molar-refractivity contribution in [2.45, 2.75) is 71.6 Å². The van der Waals surface area contributed by atoms with E-state index in [-0.39, 0.29) is 10.8 Å². The van der Waals surface area contributed by atoms with Crippen LogP contribution in [-0.2, 0) is 17.3 Å². The molecule has 2 heteroatoms. The molecule has 1 aromatic heterocycles. The molecule has 3 N–H and O–H groups in total. The van der Waals surface area contributed by atoms with Crippen LogP contribution in [0.4, 0.5) is 0 Å². The van der Waals surface area contributed by atoms with Gasteiger partial charge in [0.15, 0.2) is 0 Å². The molecule has 0 amide bonds. The number of H-pyrrole nitrogens is 1. The van der Waals surface area contributed by atoms with Crippen molar-refractivity contribution >= 4 is 10.9 Å². The maximum atomic E-state index is 5.76. The van der Waals surface area contributed by atoms with Crippen LogP contribution in [0, 0.1) is 0 Å². The summed E-state index contributed by atoms with van der Waals surface area (Å²) >= 11 is 0. The Morgan fingerprint density at radius 2 is 1.39 bits per heavy atom. The molecule has 0 saturated carbocycles. The van der Waals surface area contributed by atoms with Crippen LogP contribution in [0.25, 0.3) is 22.2 Å². The van der Waals surface area contributed by atoms with Crippen LogP contribution in [0.5, 0.6) is 0 Å². The maximum Gasteiger partial charge on any atom is 0.0497 e. The Morgan fingerprint density at radius 1 is 0.786 bits per heavy atom. The maximum absolute atomic E-state index is 5.76. The second kappa shape index (κ2) is 7.75. The highest BCUT2D eigenvalue weighted by Gasteiger charge is 2.19. The van der Waals surface area contributed by atoms with E-state index in [1.807, 2.05) is 0 Å². The van der Waals surface area contributed by atoms with Gasteiger partial charge in [-0.2, -0.15) is 0 Å². The van der Waals surface area contributed by atoms with Gasteiger partial charge >= 0.3 is 0 Å². The zero-order valence-corrected chi connectivity index (χ0v) is 18.4. The summed E-state index contributed by atoms with van der Waals surface area (Å²) in [5.41, 5.74) is 14.0. The molecule has 0 saturated heterocycles. The minimum atomic E-state index is 0.147. The zero-order chi connectivity index (χ0) is 20.5. The van der Waals surface area contributed by atoms with Crippen LogP contribution in [0.3, 0.4) is 0 Å². The molecule has 0 unspecified atom stereocenters. The molecule has 3 rings (SSSR count). The quantitative estimate of drug-likeness (QED) is 0.477. The Hall–Kier alpha value is -2.06. The van der Waals surface area contributed by atoms with Crippen molar-refractivity contribution in [2.24, 2.45) is 5.73 Å². The topological polar surface area (TPSA) is 41.8 Å². The summed E-state index contributed by atoms with van der Waals surface area (Å²) in [6.07, 6.45) is 3.24. The Labute approximate surface area is 170 Å². The van der Waals surface area contributed by atoms with Gasteiger partial charge in [-0.25, -0.2) is 0 Å². The number of hydrogen-bond acceptors (Lipinski definition) is 1. The van der Waals surface area contributed by atoms with Crippen LogP contribution >= 0.6 is 0 Å². The third kappa shape index (κ3) is 4.33. The summed E-state index contributed by atoms with van der Waals surface area (Å²) in [5.74, 6) is 0. The number of aromatic nitrogens is 1. The van der Waals surface area contributed by atoms with Crippen LogP contribution in [0.15, 0.2) is 42.5 Å². The average Bonchev–Trinajstić information content (AvgIpc) is 2.98. The standard InChI is InChI=1S/C26H36N2/c1-25(2,3)19-12-10-18(11-13-19)24-21(9-7-8-16-27)22-17-20(26(4,5)6)14-15-23(22)28-24/h10-15,17,28H,7-9,16,27H2,1-6H3. The van der Waals surface area contributed by atoms with E-state index in [0.717, 1.165) is 25.8 Å². The van der Waals surface area contributed by atoms with Gasteiger partial charge in [0, 0.05) is 16.6 Å². The lowest BCUT2D eigenvalue weighted by Gasteiger charge is -2.19. The number of nitrogens with two attached hydrogens (primary N) is 1. The van der Waals surface area contributed by atoms with Crippen LogP contribution in [0.1, 0.15) is 71.1 Å². The number of rotatable bonds is 5. The summed E-state index contributed by atoms with van der Waals surface area (Å²) in [5, 5.41) is 1.36. The van der Waals surface area contributed by atoms with Gasteiger partial charge in [-0.05, 0) is 71.0 Å². The molecule has 0 radical (unpaired) electrons. The molecule has 2 nitrogen and oxygen atoms in total. The van der Waals surface area contributed by atoms with E-state index in [4.69, 9.17) is 5.73 Å². The van der Waals surface area contributed by atoms with E-state index in [0.29, 0.717) is 0 Å². The summed E-state index contributed by atoms with van der Waals surface area (Å²) in [7, 11) is 0. The first kappa shape index (κ1) is 20.7. The molecule has 0 aliphatic carbocycles. The minimum Gasteiger partial charge on any atom is -0.354 e. The molecule has 3 aromatic rings. The van der Waals surface area contributed by atoms with Crippen LogP contribution in [-0.4, -0.2) is 11.5 Å². The first-order chi connectivity index (χ1) is 13.1. The van der Waals surface area contributed by atoms with Crippen molar-refractivity contribution in [3.05, 3.63) is 59.2 Å². The van der Waals surface area contributed by atoms with Gasteiger partial charge in [-0.1, -0.05) is 71.9 Å². The molecular weight excluding hydrogens is 340 g/mol. The molecule has 0 bridgehead atoms. The smallest absolute Gasteiger partial charge is 0.0497 e. The van der Waals surface area contributed by atoms with E-state index < -0.39 is 0 Å². The SMILES string of the molecule is CC(C)(C)c1ccc(-c2[nH]c3ccc(C(C)(C)C)cc3c2CCCCN)cc1. The number of unbranched alkanes of at least 4 members (excludes halogenated alkanes) is 1. The highest BCUT2D eigenvalue weighted by atomic mass is 14.7. The number of nitrogens with one attached hydrogen (secondary N) is 1. The fraction of sp³-hybridized carbons (Fsp3) is 0.462. The summed E-state index contributed by atoms with van der Waals surface area (Å²) in [4.78, 5) is 3.71. The lowest BCUT2D eigenvalue weighted by Crippen LogP contribution is -2.10. The number of aromatic amines is 1.